The highest BCUT2D eigenvalue weighted by Gasteiger charge is 2.28. The Labute approximate surface area is 90.1 Å². The summed E-state index contributed by atoms with van der Waals surface area (Å²) in [6.07, 6.45) is 0.670. The van der Waals surface area contributed by atoms with Crippen LogP contribution in [0.15, 0.2) is 5.38 Å². The molecule has 0 saturated carbocycles. The molecule has 0 saturated heterocycles. The van der Waals surface area contributed by atoms with E-state index in [1.54, 1.807) is 5.38 Å². The Balaban J connectivity index is 2.38. The summed E-state index contributed by atoms with van der Waals surface area (Å²) in [4.78, 5) is 22.5. The molecule has 1 amide bonds. The number of hydrogen-bond acceptors (Lipinski definition) is 4. The van der Waals surface area contributed by atoms with Gasteiger partial charge >= 0.3 is 5.97 Å². The van der Waals surface area contributed by atoms with Gasteiger partial charge in [-0.15, -0.1) is 11.3 Å². The molecule has 0 bridgehead atoms. The lowest BCUT2D eigenvalue weighted by atomic mass is 10.1. The maximum absolute atomic E-state index is 11.5. The Bertz CT molecular complexity index is 427. The number of nitrogens with one attached hydrogen (secondary N) is 2. The van der Waals surface area contributed by atoms with Crippen molar-refractivity contribution in [3.05, 3.63) is 10.3 Å². The summed E-state index contributed by atoms with van der Waals surface area (Å²) < 4.78 is 0. The predicted molar refractivity (Wildman–Crippen MR) is 57.6 cm³/mol. The molecule has 1 aliphatic rings. The Morgan fingerprint density at radius 1 is 1.67 bits per heavy atom. The maximum Gasteiger partial charge on any atom is 0.348 e. The van der Waals surface area contributed by atoms with Gasteiger partial charge < -0.3 is 15.7 Å². The predicted octanol–water partition coefficient (Wildman–Crippen LogP) is 1.59. The standard InChI is InChI=1S/C9H10N2O3S/c1-2-4-8(12)11-6-5(10-4)3-15-7(6)9(13)14/h3-4,10H,2H2,1H3,(H,11,12)(H,13,14). The van der Waals surface area contributed by atoms with E-state index in [1.807, 2.05) is 6.92 Å². The van der Waals surface area contributed by atoms with Crippen LogP contribution in [0.2, 0.25) is 0 Å². The van der Waals surface area contributed by atoms with Crippen LogP contribution in [0.3, 0.4) is 0 Å². The number of carboxylic acids is 1. The number of carbonyl (C=O) groups excluding carboxylic acids is 1. The quantitative estimate of drug-likeness (QED) is 0.715. The molecule has 1 aromatic heterocycles. The van der Waals surface area contributed by atoms with Gasteiger partial charge in [0.2, 0.25) is 5.91 Å². The third kappa shape index (κ3) is 1.56. The molecule has 0 aliphatic carbocycles. The molecule has 1 atom stereocenters. The van der Waals surface area contributed by atoms with Crippen molar-refractivity contribution in [2.24, 2.45) is 0 Å². The van der Waals surface area contributed by atoms with E-state index in [0.717, 1.165) is 11.3 Å². The van der Waals surface area contributed by atoms with Gasteiger partial charge in [0.1, 0.15) is 10.9 Å². The number of amides is 1. The number of hydrogen-bond donors (Lipinski definition) is 3. The van der Waals surface area contributed by atoms with Gasteiger partial charge in [-0.1, -0.05) is 6.92 Å². The first-order valence-corrected chi connectivity index (χ1v) is 5.43. The zero-order valence-corrected chi connectivity index (χ0v) is 8.85. The molecule has 1 aromatic rings. The van der Waals surface area contributed by atoms with E-state index in [1.165, 1.54) is 0 Å². The molecule has 5 nitrogen and oxygen atoms in total. The van der Waals surface area contributed by atoms with Gasteiger partial charge in [0.25, 0.3) is 0 Å². The average Bonchev–Trinajstić information content (AvgIpc) is 2.59. The van der Waals surface area contributed by atoms with Gasteiger partial charge in [-0.05, 0) is 6.42 Å². The van der Waals surface area contributed by atoms with Crippen molar-refractivity contribution in [1.29, 1.82) is 0 Å². The zero-order chi connectivity index (χ0) is 11.0. The average molecular weight is 226 g/mol. The molecule has 1 aliphatic heterocycles. The monoisotopic (exact) mass is 226 g/mol. The number of carbonyl (C=O) groups is 2. The number of anilines is 2. The summed E-state index contributed by atoms with van der Waals surface area (Å²) in [6.45, 7) is 1.90. The molecule has 0 fully saturated rings. The maximum atomic E-state index is 11.5. The molecule has 15 heavy (non-hydrogen) atoms. The third-order valence-corrected chi connectivity index (χ3v) is 3.26. The minimum Gasteiger partial charge on any atom is -0.477 e. The van der Waals surface area contributed by atoms with Gasteiger partial charge in [0.05, 0.1) is 11.4 Å². The lowest BCUT2D eigenvalue weighted by Gasteiger charge is -2.23. The van der Waals surface area contributed by atoms with E-state index < -0.39 is 5.97 Å². The van der Waals surface area contributed by atoms with Gasteiger partial charge in [0, 0.05) is 5.38 Å². The summed E-state index contributed by atoms with van der Waals surface area (Å²) in [5.74, 6) is -1.19. The molecule has 2 heterocycles. The smallest absolute Gasteiger partial charge is 0.348 e. The molecular weight excluding hydrogens is 216 g/mol. The topological polar surface area (TPSA) is 78.4 Å². The van der Waals surface area contributed by atoms with Crippen molar-refractivity contribution in [2.45, 2.75) is 19.4 Å². The van der Waals surface area contributed by atoms with E-state index in [9.17, 15) is 9.59 Å². The molecule has 2 rings (SSSR count). The van der Waals surface area contributed by atoms with Crippen LogP contribution in [-0.4, -0.2) is 23.0 Å². The van der Waals surface area contributed by atoms with E-state index in [2.05, 4.69) is 10.6 Å². The van der Waals surface area contributed by atoms with Crippen molar-refractivity contribution in [3.8, 4) is 0 Å². The van der Waals surface area contributed by atoms with Gasteiger partial charge in [-0.2, -0.15) is 0 Å². The number of thiophene rings is 1. The normalized spacial score (nSPS) is 19.0. The third-order valence-electron chi connectivity index (χ3n) is 2.29. The van der Waals surface area contributed by atoms with Crippen molar-refractivity contribution in [1.82, 2.24) is 0 Å². The molecule has 0 radical (unpaired) electrons. The fourth-order valence-corrected chi connectivity index (χ4v) is 2.30. The minimum absolute atomic E-state index is 0.167. The summed E-state index contributed by atoms with van der Waals surface area (Å²) in [5.41, 5.74) is 1.09. The molecular formula is C9H10N2O3S. The van der Waals surface area contributed by atoms with Crippen LogP contribution in [-0.2, 0) is 4.79 Å². The van der Waals surface area contributed by atoms with Gasteiger partial charge in [-0.25, -0.2) is 4.79 Å². The first-order chi connectivity index (χ1) is 7.13. The van der Waals surface area contributed by atoms with E-state index in [4.69, 9.17) is 5.11 Å². The first-order valence-electron chi connectivity index (χ1n) is 4.55. The Morgan fingerprint density at radius 3 is 3.00 bits per heavy atom. The van der Waals surface area contributed by atoms with Gasteiger partial charge in [0.15, 0.2) is 0 Å². The lowest BCUT2D eigenvalue weighted by molar-refractivity contribution is -0.117. The highest BCUT2D eigenvalue weighted by Crippen LogP contribution is 2.36. The Kier molecular flexibility index (Phi) is 2.36. The summed E-state index contributed by atoms with van der Waals surface area (Å²) in [7, 11) is 0. The molecule has 0 aromatic carbocycles. The second-order valence-corrected chi connectivity index (χ2v) is 4.13. The van der Waals surface area contributed by atoms with Crippen LogP contribution in [0.5, 0.6) is 0 Å². The molecule has 0 spiro atoms. The van der Waals surface area contributed by atoms with Crippen LogP contribution < -0.4 is 10.6 Å². The SMILES string of the molecule is CCC1Nc2csc(C(=O)O)c2NC1=O. The number of carboxylic acid groups (broad SMARTS) is 1. The summed E-state index contributed by atoms with van der Waals surface area (Å²) in [5, 5.41) is 16.2. The fourth-order valence-electron chi connectivity index (χ4n) is 1.50. The molecule has 6 heteroatoms. The van der Waals surface area contributed by atoms with Crippen LogP contribution in [0.25, 0.3) is 0 Å². The largest absolute Gasteiger partial charge is 0.477 e. The van der Waals surface area contributed by atoms with E-state index in [0.29, 0.717) is 17.8 Å². The van der Waals surface area contributed by atoms with E-state index in [-0.39, 0.29) is 16.8 Å². The van der Waals surface area contributed by atoms with E-state index >= 15 is 0 Å². The zero-order valence-electron chi connectivity index (χ0n) is 8.03. The second kappa shape index (κ2) is 3.54. The Hall–Kier alpha value is -1.56. The lowest BCUT2D eigenvalue weighted by Crippen LogP contribution is -2.38. The van der Waals surface area contributed by atoms with Crippen LogP contribution in [0.4, 0.5) is 11.4 Å². The summed E-state index contributed by atoms with van der Waals surface area (Å²) in [6, 6.07) is -0.270. The highest BCUT2D eigenvalue weighted by molar-refractivity contribution is 7.13. The molecule has 1 unspecified atom stereocenters. The fraction of sp³-hybridized carbons (Fsp3) is 0.333. The van der Waals surface area contributed by atoms with Crippen molar-refractivity contribution >= 4 is 34.6 Å². The van der Waals surface area contributed by atoms with Crippen molar-refractivity contribution in [2.75, 3.05) is 10.6 Å². The van der Waals surface area contributed by atoms with Crippen LogP contribution >= 0.6 is 11.3 Å². The van der Waals surface area contributed by atoms with Crippen LogP contribution in [0.1, 0.15) is 23.0 Å². The second-order valence-electron chi connectivity index (χ2n) is 3.25. The van der Waals surface area contributed by atoms with Crippen molar-refractivity contribution in [3.63, 3.8) is 0 Å². The Morgan fingerprint density at radius 2 is 2.40 bits per heavy atom. The van der Waals surface area contributed by atoms with Crippen molar-refractivity contribution < 1.29 is 14.7 Å². The molecule has 3 N–H and O–H groups in total. The first kappa shape index (κ1) is 9.97. The van der Waals surface area contributed by atoms with Crippen LogP contribution in [0, 0.1) is 0 Å². The number of fused-ring (bicyclic) bond motifs is 1. The molecule has 80 valence electrons. The highest BCUT2D eigenvalue weighted by atomic mass is 32.1. The van der Waals surface area contributed by atoms with Gasteiger partial charge in [-0.3, -0.25) is 4.79 Å². The number of aromatic carboxylic acids is 1. The number of rotatable bonds is 2. The minimum atomic E-state index is -1.02. The summed E-state index contributed by atoms with van der Waals surface area (Å²) >= 11 is 1.11.